The SMILES string of the molecule is CN(C)CCN1C(=O)c2cccc3cc4cccc(N=Cc5ccc(Cl)c(Cl)c5)c4c(c23)C1=O. The van der Waals surface area contributed by atoms with Crippen molar-refractivity contribution in [1.29, 1.82) is 0 Å². The van der Waals surface area contributed by atoms with Crippen molar-refractivity contribution in [1.82, 2.24) is 9.80 Å². The summed E-state index contributed by atoms with van der Waals surface area (Å²) in [6, 6.07) is 18.6. The molecular weight excluding hydrogens is 469 g/mol. The van der Waals surface area contributed by atoms with Gasteiger partial charge in [-0.15, -0.1) is 0 Å². The second-order valence-corrected chi connectivity index (χ2v) is 9.34. The van der Waals surface area contributed by atoms with Gasteiger partial charge in [-0.2, -0.15) is 0 Å². The van der Waals surface area contributed by atoms with Crippen molar-refractivity contribution >= 4 is 68.5 Å². The van der Waals surface area contributed by atoms with Gasteiger partial charge in [0.1, 0.15) is 0 Å². The van der Waals surface area contributed by atoms with Gasteiger partial charge in [-0.1, -0.05) is 53.5 Å². The minimum absolute atomic E-state index is 0.263. The number of hydrogen-bond acceptors (Lipinski definition) is 4. The van der Waals surface area contributed by atoms with E-state index in [2.05, 4.69) is 0 Å². The van der Waals surface area contributed by atoms with Crippen molar-refractivity contribution < 1.29 is 9.59 Å². The van der Waals surface area contributed by atoms with Crippen LogP contribution in [0.15, 0.2) is 65.7 Å². The lowest BCUT2D eigenvalue weighted by Gasteiger charge is -2.29. The molecule has 0 unspecified atom stereocenters. The number of fused-ring (bicyclic) bond motifs is 2. The maximum Gasteiger partial charge on any atom is 0.262 e. The van der Waals surface area contributed by atoms with E-state index in [0.29, 0.717) is 45.3 Å². The van der Waals surface area contributed by atoms with Crippen LogP contribution in [0.3, 0.4) is 0 Å². The average Bonchev–Trinajstić information content (AvgIpc) is 2.81. The zero-order valence-corrected chi connectivity index (χ0v) is 20.2. The van der Waals surface area contributed by atoms with Crippen molar-refractivity contribution in [3.8, 4) is 0 Å². The molecular formula is C27H21Cl2N3O2. The van der Waals surface area contributed by atoms with Crippen LogP contribution in [0.25, 0.3) is 21.5 Å². The Hall–Kier alpha value is -3.25. The Morgan fingerprint density at radius 2 is 1.62 bits per heavy atom. The number of amides is 2. The van der Waals surface area contributed by atoms with Crippen molar-refractivity contribution in [3.63, 3.8) is 0 Å². The largest absolute Gasteiger partial charge is 0.308 e. The van der Waals surface area contributed by atoms with E-state index >= 15 is 0 Å². The van der Waals surface area contributed by atoms with Crippen LogP contribution >= 0.6 is 23.2 Å². The van der Waals surface area contributed by atoms with Gasteiger partial charge < -0.3 is 4.90 Å². The molecule has 0 radical (unpaired) electrons. The van der Waals surface area contributed by atoms with Crippen LogP contribution in [0, 0.1) is 0 Å². The summed E-state index contributed by atoms with van der Waals surface area (Å²) in [6.07, 6.45) is 1.70. The van der Waals surface area contributed by atoms with Crippen molar-refractivity contribution in [3.05, 3.63) is 87.4 Å². The molecule has 4 aromatic carbocycles. The first-order valence-electron chi connectivity index (χ1n) is 10.8. The van der Waals surface area contributed by atoms with E-state index in [1.165, 1.54) is 4.90 Å². The van der Waals surface area contributed by atoms with Gasteiger partial charge in [-0.25, -0.2) is 0 Å². The Labute approximate surface area is 207 Å². The topological polar surface area (TPSA) is 53.0 Å². The fraction of sp³-hybridized carbons (Fsp3) is 0.148. The Kier molecular flexibility index (Phi) is 5.86. The number of halogens is 2. The third-order valence-electron chi connectivity index (χ3n) is 5.98. The van der Waals surface area contributed by atoms with Crippen molar-refractivity contribution in [2.75, 3.05) is 27.2 Å². The molecule has 0 atom stereocenters. The summed E-state index contributed by atoms with van der Waals surface area (Å²) >= 11 is 12.2. The highest BCUT2D eigenvalue weighted by molar-refractivity contribution is 6.42. The summed E-state index contributed by atoms with van der Waals surface area (Å²) in [4.78, 5) is 35.0. The van der Waals surface area contributed by atoms with Crippen molar-refractivity contribution in [2.24, 2.45) is 4.99 Å². The first-order valence-corrected chi connectivity index (χ1v) is 11.6. The number of hydrogen-bond donors (Lipinski definition) is 0. The summed E-state index contributed by atoms with van der Waals surface area (Å²) in [5, 5.41) is 4.08. The quantitative estimate of drug-likeness (QED) is 0.190. The Morgan fingerprint density at radius 3 is 2.35 bits per heavy atom. The number of benzene rings is 4. The number of likely N-dealkylation sites (N-methyl/N-ethyl adjacent to an activating group) is 1. The highest BCUT2D eigenvalue weighted by atomic mass is 35.5. The Balaban J connectivity index is 1.73. The third-order valence-corrected chi connectivity index (χ3v) is 6.72. The van der Waals surface area contributed by atoms with Gasteiger partial charge >= 0.3 is 0 Å². The van der Waals surface area contributed by atoms with Crippen molar-refractivity contribution in [2.45, 2.75) is 0 Å². The molecule has 0 fully saturated rings. The number of rotatable bonds is 5. The monoisotopic (exact) mass is 489 g/mol. The molecule has 5 rings (SSSR count). The number of carbonyl (C=O) groups excluding carboxylic acids is 2. The predicted octanol–water partition coefficient (Wildman–Crippen LogP) is 6.21. The van der Waals surface area contributed by atoms with Gasteiger partial charge in [-0.3, -0.25) is 19.5 Å². The second-order valence-electron chi connectivity index (χ2n) is 8.53. The summed E-state index contributed by atoms with van der Waals surface area (Å²) < 4.78 is 0. The molecule has 0 spiro atoms. The highest BCUT2D eigenvalue weighted by Crippen LogP contribution is 2.39. The lowest BCUT2D eigenvalue weighted by atomic mass is 9.89. The fourth-order valence-corrected chi connectivity index (χ4v) is 4.63. The van der Waals surface area contributed by atoms with Crippen LogP contribution in [0.5, 0.6) is 0 Å². The van der Waals surface area contributed by atoms with Gasteiger partial charge in [0.2, 0.25) is 0 Å². The summed E-state index contributed by atoms with van der Waals surface area (Å²) in [5.74, 6) is -0.556. The fourth-order valence-electron chi connectivity index (χ4n) is 4.32. The molecule has 0 aliphatic carbocycles. The molecule has 170 valence electrons. The average molecular weight is 490 g/mol. The number of imide groups is 1. The molecule has 5 nitrogen and oxygen atoms in total. The molecule has 0 N–H and O–H groups in total. The van der Waals surface area contributed by atoms with Gasteiger partial charge in [0.05, 0.1) is 21.3 Å². The van der Waals surface area contributed by atoms with E-state index in [1.807, 2.05) is 61.5 Å². The first-order chi connectivity index (χ1) is 16.3. The molecule has 1 aliphatic rings. The van der Waals surface area contributed by atoms with Crippen LogP contribution in [-0.4, -0.2) is 55.0 Å². The summed E-state index contributed by atoms with van der Waals surface area (Å²) in [6.45, 7) is 0.890. The standard InChI is InChI=1S/C27H21Cl2N3O2/c1-31(2)11-12-32-26(33)19-7-3-5-17-14-18-6-4-8-22(24(18)25(23(17)19)27(32)34)30-15-16-9-10-20(28)21(29)13-16/h3-10,13-15H,11-12H2,1-2H3. The molecule has 0 saturated heterocycles. The van der Waals surface area contributed by atoms with Gasteiger partial charge in [0.15, 0.2) is 0 Å². The maximum atomic E-state index is 13.8. The smallest absolute Gasteiger partial charge is 0.262 e. The minimum Gasteiger partial charge on any atom is -0.308 e. The Morgan fingerprint density at radius 1 is 0.882 bits per heavy atom. The van der Waals surface area contributed by atoms with E-state index in [9.17, 15) is 9.59 Å². The number of carbonyl (C=O) groups is 2. The summed E-state index contributed by atoms with van der Waals surface area (Å²) in [5.41, 5.74) is 2.49. The zero-order chi connectivity index (χ0) is 24.0. The lowest BCUT2D eigenvalue weighted by Crippen LogP contribution is -2.43. The number of aliphatic imine (C=N–C) groups is 1. The van der Waals surface area contributed by atoms with E-state index in [4.69, 9.17) is 28.2 Å². The maximum absolute atomic E-state index is 13.8. The predicted molar refractivity (Wildman–Crippen MR) is 139 cm³/mol. The summed E-state index contributed by atoms with van der Waals surface area (Å²) in [7, 11) is 3.83. The van der Waals surface area contributed by atoms with Gasteiger partial charge in [0, 0.05) is 35.6 Å². The Bertz CT molecular complexity index is 1510. The molecule has 0 saturated carbocycles. The van der Waals surface area contributed by atoms with Crippen LogP contribution in [-0.2, 0) is 0 Å². The molecule has 1 heterocycles. The van der Waals surface area contributed by atoms with E-state index in [1.54, 1.807) is 24.4 Å². The molecule has 7 heteroatoms. The number of nitrogens with zero attached hydrogens (tertiary/aromatic N) is 3. The van der Waals surface area contributed by atoms with E-state index in [0.717, 1.165) is 21.7 Å². The van der Waals surface area contributed by atoms with Gasteiger partial charge in [-0.05, 0) is 60.8 Å². The normalized spacial score (nSPS) is 13.7. The van der Waals surface area contributed by atoms with E-state index < -0.39 is 0 Å². The third kappa shape index (κ3) is 3.86. The molecule has 0 bridgehead atoms. The molecule has 2 amide bonds. The minimum atomic E-state index is -0.293. The van der Waals surface area contributed by atoms with Crippen LogP contribution in [0.4, 0.5) is 5.69 Å². The molecule has 1 aliphatic heterocycles. The van der Waals surface area contributed by atoms with Gasteiger partial charge in [0.25, 0.3) is 11.8 Å². The zero-order valence-electron chi connectivity index (χ0n) is 18.7. The molecule has 0 aromatic heterocycles. The van der Waals surface area contributed by atoms with Crippen LogP contribution in [0.1, 0.15) is 26.3 Å². The van der Waals surface area contributed by atoms with Crippen LogP contribution in [0.2, 0.25) is 10.0 Å². The highest BCUT2D eigenvalue weighted by Gasteiger charge is 2.34. The van der Waals surface area contributed by atoms with E-state index in [-0.39, 0.29) is 11.8 Å². The second kappa shape index (κ2) is 8.84. The lowest BCUT2D eigenvalue weighted by molar-refractivity contribution is 0.0602. The molecule has 4 aromatic rings. The molecule has 34 heavy (non-hydrogen) atoms. The van der Waals surface area contributed by atoms with Crippen LogP contribution < -0.4 is 0 Å². The first kappa shape index (κ1) is 22.5.